The second-order valence-electron chi connectivity index (χ2n) is 4.03. The van der Waals surface area contributed by atoms with Gasteiger partial charge in [-0.25, -0.2) is 9.37 Å². The minimum Gasteiger partial charge on any atom is -0.368 e. The number of hydrogen-bond donors (Lipinski definition) is 2. The maximum atomic E-state index is 14.1. The first-order chi connectivity index (χ1) is 9.61. The summed E-state index contributed by atoms with van der Waals surface area (Å²) in [6, 6.07) is 1.33. The summed E-state index contributed by atoms with van der Waals surface area (Å²) < 4.78 is 14.1. The standard InChI is InChI=1S/C12H14FN5OS/c1-3-5-14-10-9(13)8(4-6-15-10)11(19)16-12-18-17-7(2)20-12/h4,6H,3,5H2,1-2H3,(H,14,15)(H,16,18,19). The van der Waals surface area contributed by atoms with Crippen LogP contribution in [0.4, 0.5) is 15.3 Å². The number of aryl methyl sites for hydroxylation is 1. The lowest BCUT2D eigenvalue weighted by Crippen LogP contribution is -2.16. The molecule has 0 aromatic carbocycles. The lowest BCUT2D eigenvalue weighted by molar-refractivity contribution is 0.102. The van der Waals surface area contributed by atoms with E-state index in [0.717, 1.165) is 11.4 Å². The van der Waals surface area contributed by atoms with Crippen molar-refractivity contribution in [2.45, 2.75) is 20.3 Å². The topological polar surface area (TPSA) is 79.8 Å². The third kappa shape index (κ3) is 3.27. The number of aromatic nitrogens is 3. The average Bonchev–Trinajstić information content (AvgIpc) is 2.83. The Hall–Kier alpha value is -2.09. The molecular weight excluding hydrogens is 281 g/mol. The highest BCUT2D eigenvalue weighted by Gasteiger charge is 2.17. The van der Waals surface area contributed by atoms with Crippen LogP contribution < -0.4 is 10.6 Å². The maximum Gasteiger partial charge on any atom is 0.260 e. The monoisotopic (exact) mass is 295 g/mol. The minimum absolute atomic E-state index is 0.0768. The molecule has 2 aromatic rings. The quantitative estimate of drug-likeness (QED) is 0.885. The van der Waals surface area contributed by atoms with Crippen molar-refractivity contribution in [2.75, 3.05) is 17.2 Å². The summed E-state index contributed by atoms with van der Waals surface area (Å²) in [7, 11) is 0. The van der Waals surface area contributed by atoms with Crippen LogP contribution in [0.25, 0.3) is 0 Å². The Labute approximate surface area is 119 Å². The molecule has 0 radical (unpaired) electrons. The molecule has 8 heteroatoms. The van der Waals surface area contributed by atoms with E-state index < -0.39 is 11.7 Å². The van der Waals surface area contributed by atoms with Gasteiger partial charge in [-0.1, -0.05) is 18.3 Å². The number of rotatable bonds is 5. The van der Waals surface area contributed by atoms with E-state index in [1.54, 1.807) is 6.92 Å². The number of pyridine rings is 1. The Morgan fingerprint density at radius 1 is 1.45 bits per heavy atom. The molecule has 1 amide bonds. The highest BCUT2D eigenvalue weighted by molar-refractivity contribution is 7.15. The van der Waals surface area contributed by atoms with Crippen molar-refractivity contribution < 1.29 is 9.18 Å². The van der Waals surface area contributed by atoms with Gasteiger partial charge in [-0.15, -0.1) is 10.2 Å². The smallest absolute Gasteiger partial charge is 0.260 e. The second-order valence-corrected chi connectivity index (χ2v) is 5.21. The molecule has 0 spiro atoms. The van der Waals surface area contributed by atoms with E-state index in [0.29, 0.717) is 11.7 Å². The van der Waals surface area contributed by atoms with Crippen LogP contribution in [0.3, 0.4) is 0 Å². The third-order valence-electron chi connectivity index (χ3n) is 2.42. The van der Waals surface area contributed by atoms with Gasteiger partial charge in [-0.2, -0.15) is 0 Å². The molecule has 0 atom stereocenters. The van der Waals surface area contributed by atoms with E-state index in [-0.39, 0.29) is 11.4 Å². The summed E-state index contributed by atoms with van der Waals surface area (Å²) in [6.45, 7) is 4.32. The van der Waals surface area contributed by atoms with Gasteiger partial charge in [0.1, 0.15) is 5.01 Å². The van der Waals surface area contributed by atoms with Gasteiger partial charge in [-0.05, 0) is 19.4 Å². The van der Waals surface area contributed by atoms with Gasteiger partial charge in [0.25, 0.3) is 5.91 Å². The van der Waals surface area contributed by atoms with Crippen molar-refractivity contribution in [1.82, 2.24) is 15.2 Å². The molecule has 0 saturated carbocycles. The zero-order chi connectivity index (χ0) is 14.5. The van der Waals surface area contributed by atoms with Crippen LogP contribution in [0.1, 0.15) is 28.7 Å². The van der Waals surface area contributed by atoms with Crippen LogP contribution in [0.5, 0.6) is 0 Å². The van der Waals surface area contributed by atoms with Crippen molar-refractivity contribution in [3.05, 3.63) is 28.7 Å². The second kappa shape index (κ2) is 6.38. The van der Waals surface area contributed by atoms with Crippen LogP contribution in [0, 0.1) is 12.7 Å². The Morgan fingerprint density at radius 2 is 2.25 bits per heavy atom. The van der Waals surface area contributed by atoms with Gasteiger partial charge in [0, 0.05) is 12.7 Å². The van der Waals surface area contributed by atoms with Crippen molar-refractivity contribution in [2.24, 2.45) is 0 Å². The number of anilines is 2. The Bertz CT molecular complexity index is 616. The summed E-state index contributed by atoms with van der Waals surface area (Å²) >= 11 is 1.23. The fourth-order valence-electron chi connectivity index (χ4n) is 1.50. The largest absolute Gasteiger partial charge is 0.368 e. The van der Waals surface area contributed by atoms with E-state index in [2.05, 4.69) is 25.8 Å². The summed E-state index contributed by atoms with van der Waals surface area (Å²) in [5.74, 6) is -1.16. The minimum atomic E-state index is -0.667. The highest BCUT2D eigenvalue weighted by atomic mass is 32.1. The summed E-state index contributed by atoms with van der Waals surface area (Å²) in [5.41, 5.74) is -0.0774. The Morgan fingerprint density at radius 3 is 2.90 bits per heavy atom. The molecule has 0 aliphatic heterocycles. The molecule has 0 saturated heterocycles. The Balaban J connectivity index is 2.17. The van der Waals surface area contributed by atoms with Crippen molar-refractivity contribution in [3.8, 4) is 0 Å². The van der Waals surface area contributed by atoms with Gasteiger partial charge in [0.2, 0.25) is 5.13 Å². The zero-order valence-corrected chi connectivity index (χ0v) is 11.9. The number of amides is 1. The molecular formula is C12H14FN5OS. The van der Waals surface area contributed by atoms with E-state index in [1.807, 2.05) is 6.92 Å². The first-order valence-corrected chi connectivity index (χ1v) is 6.93. The molecule has 0 unspecified atom stereocenters. The average molecular weight is 295 g/mol. The number of nitrogens with zero attached hydrogens (tertiary/aromatic N) is 3. The van der Waals surface area contributed by atoms with Crippen LogP contribution in [-0.2, 0) is 0 Å². The number of hydrogen-bond acceptors (Lipinski definition) is 6. The number of halogens is 1. The number of carbonyl (C=O) groups excluding carboxylic acids is 1. The summed E-state index contributed by atoms with van der Waals surface area (Å²) in [4.78, 5) is 15.9. The van der Waals surface area contributed by atoms with Gasteiger partial charge in [-0.3, -0.25) is 10.1 Å². The molecule has 2 N–H and O–H groups in total. The summed E-state index contributed by atoms with van der Waals surface area (Å²) in [5, 5.41) is 14.0. The third-order valence-corrected chi connectivity index (χ3v) is 3.18. The van der Waals surface area contributed by atoms with E-state index >= 15 is 0 Å². The molecule has 2 aromatic heterocycles. The zero-order valence-electron chi connectivity index (χ0n) is 11.1. The van der Waals surface area contributed by atoms with E-state index in [1.165, 1.54) is 23.6 Å². The highest BCUT2D eigenvalue weighted by Crippen LogP contribution is 2.18. The fraction of sp³-hybridized carbons (Fsp3) is 0.333. The van der Waals surface area contributed by atoms with E-state index in [9.17, 15) is 9.18 Å². The van der Waals surface area contributed by atoms with Gasteiger partial charge in [0.15, 0.2) is 11.6 Å². The van der Waals surface area contributed by atoms with Gasteiger partial charge in [0.05, 0.1) is 5.56 Å². The van der Waals surface area contributed by atoms with Gasteiger partial charge >= 0.3 is 0 Å². The van der Waals surface area contributed by atoms with E-state index in [4.69, 9.17) is 0 Å². The molecule has 6 nitrogen and oxygen atoms in total. The first-order valence-electron chi connectivity index (χ1n) is 6.11. The van der Waals surface area contributed by atoms with Crippen molar-refractivity contribution in [3.63, 3.8) is 0 Å². The van der Waals surface area contributed by atoms with Crippen molar-refractivity contribution in [1.29, 1.82) is 0 Å². The lowest BCUT2D eigenvalue weighted by atomic mass is 10.2. The first kappa shape index (κ1) is 14.3. The molecule has 0 aliphatic carbocycles. The number of carbonyl (C=O) groups is 1. The predicted molar refractivity (Wildman–Crippen MR) is 75.6 cm³/mol. The summed E-state index contributed by atoms with van der Waals surface area (Å²) in [6.07, 6.45) is 2.23. The molecule has 2 heterocycles. The Kier molecular flexibility index (Phi) is 4.57. The SMILES string of the molecule is CCCNc1nccc(C(=O)Nc2nnc(C)s2)c1F. The van der Waals surface area contributed by atoms with Gasteiger partial charge < -0.3 is 5.32 Å². The lowest BCUT2D eigenvalue weighted by Gasteiger charge is -2.08. The fourth-order valence-corrected chi connectivity index (χ4v) is 2.08. The molecule has 0 fully saturated rings. The molecule has 0 bridgehead atoms. The molecule has 106 valence electrons. The van der Waals surface area contributed by atoms with Crippen molar-refractivity contribution >= 4 is 28.2 Å². The number of nitrogens with one attached hydrogen (secondary N) is 2. The molecule has 2 rings (SSSR count). The molecule has 20 heavy (non-hydrogen) atoms. The van der Waals surface area contributed by atoms with Crippen LogP contribution >= 0.6 is 11.3 Å². The maximum absolute atomic E-state index is 14.1. The normalized spacial score (nSPS) is 10.3. The van der Waals surface area contributed by atoms with Crippen LogP contribution in [0.15, 0.2) is 12.3 Å². The molecule has 0 aliphatic rings. The van der Waals surface area contributed by atoms with Crippen LogP contribution in [0.2, 0.25) is 0 Å². The van der Waals surface area contributed by atoms with Crippen LogP contribution in [-0.4, -0.2) is 27.6 Å². The predicted octanol–water partition coefficient (Wildman–Crippen LogP) is 2.45.